The van der Waals surface area contributed by atoms with Crippen LogP contribution in [0.3, 0.4) is 0 Å². The Labute approximate surface area is 431 Å². The third kappa shape index (κ3) is 16.8. The smallest absolute Gasteiger partial charge is 0.419 e. The van der Waals surface area contributed by atoms with Gasteiger partial charge in [0.25, 0.3) is 0 Å². The highest BCUT2D eigenvalue weighted by Crippen LogP contribution is 2.35. The zero-order valence-electron chi connectivity index (χ0n) is 43.1. The molecule has 0 fully saturated rings. The fraction of sp³-hybridized carbons (Fsp3) is 0.528. The Bertz CT molecular complexity index is 2550. The van der Waals surface area contributed by atoms with Gasteiger partial charge in [0.2, 0.25) is 17.7 Å². The van der Waals surface area contributed by atoms with E-state index in [1.807, 2.05) is 75.4 Å². The van der Waals surface area contributed by atoms with E-state index in [1.165, 1.54) is 21.2 Å². The standard InChI is InChI=1S/C53H72BrN7O9S/c1-33-36(35-21-12-14-25-41(35)61(33)50(67)70-53(8,9)10)30-42-46(64)58-32-37-38(54)22-18-26-43(37)71-47-34(20-19-29-55-47)31-57-39(23-13-15-27-44(62)68-51(2,3)4)45(63)59-40(48(65)60(42)11)24-16-17-28-56-49(66)69-52(5,6)7/h12,14,18-22,25-26,29,39-40,42,57H,13,15-17,23-24,27-28,30-32H2,1-11H3,(H,56,66)(H,58,64)(H,59,63)/t39-,40-,42-/m0/s1. The van der Waals surface area contributed by atoms with Crippen molar-refractivity contribution in [3.8, 4) is 0 Å². The molecule has 4 amide bonds. The van der Waals surface area contributed by atoms with Gasteiger partial charge in [-0.25, -0.2) is 19.1 Å². The number of para-hydroxylation sites is 1. The molecule has 0 saturated carbocycles. The second-order valence-corrected chi connectivity index (χ2v) is 22.7. The number of amides is 4. The van der Waals surface area contributed by atoms with Gasteiger partial charge in [-0.05, 0) is 142 Å². The average molecular weight is 1060 g/mol. The van der Waals surface area contributed by atoms with Gasteiger partial charge in [0.05, 0.1) is 11.6 Å². The van der Waals surface area contributed by atoms with Gasteiger partial charge in [-0.3, -0.25) is 19.2 Å². The molecule has 2 aromatic heterocycles. The Morgan fingerprint density at radius 3 is 2.18 bits per heavy atom. The summed E-state index contributed by atoms with van der Waals surface area (Å²) in [6.07, 6.45) is 3.07. The molecule has 4 aromatic rings. The number of hydrogen-bond donors (Lipinski definition) is 4. The Morgan fingerprint density at radius 2 is 1.48 bits per heavy atom. The number of alkyl carbamates (subject to hydrolysis) is 1. The zero-order chi connectivity index (χ0) is 52.3. The number of benzene rings is 2. The Morgan fingerprint density at radius 1 is 0.803 bits per heavy atom. The van der Waals surface area contributed by atoms with Gasteiger partial charge in [0.15, 0.2) is 0 Å². The lowest BCUT2D eigenvalue weighted by molar-refractivity contribution is -0.155. The third-order valence-electron chi connectivity index (χ3n) is 11.5. The van der Waals surface area contributed by atoms with Crippen LogP contribution in [0.5, 0.6) is 0 Å². The van der Waals surface area contributed by atoms with Crippen LogP contribution >= 0.6 is 27.7 Å². The minimum absolute atomic E-state index is 0.00732. The van der Waals surface area contributed by atoms with Gasteiger partial charge >= 0.3 is 18.2 Å². The lowest BCUT2D eigenvalue weighted by atomic mass is 9.99. The Kier molecular flexibility index (Phi) is 19.7. The topological polar surface area (TPSA) is 199 Å². The summed E-state index contributed by atoms with van der Waals surface area (Å²) >= 11 is 5.16. The van der Waals surface area contributed by atoms with E-state index in [0.29, 0.717) is 59.3 Å². The molecular formula is C53H72BrN7O9S. The number of nitrogens with zero attached hydrogens (tertiary/aromatic N) is 3. The summed E-state index contributed by atoms with van der Waals surface area (Å²) in [5, 5.41) is 13.8. The molecule has 0 aliphatic carbocycles. The third-order valence-corrected chi connectivity index (χ3v) is 13.4. The van der Waals surface area contributed by atoms with Crippen LogP contribution < -0.4 is 21.3 Å². The van der Waals surface area contributed by atoms with Crippen LogP contribution in [0.15, 0.2) is 75.2 Å². The quantitative estimate of drug-likeness (QED) is 0.0597. The first-order valence-corrected chi connectivity index (χ1v) is 25.9. The maximum absolute atomic E-state index is 15.2. The summed E-state index contributed by atoms with van der Waals surface area (Å²) in [5.41, 5.74) is 1.33. The second kappa shape index (κ2) is 24.8. The SMILES string of the molecule is Cc1c(C[C@H]2C(=O)NCc3c(Br)cccc3Sc3ncccc3CN[C@@H](CCCCC(=O)OC(C)(C)C)C(=O)N[C@@H](CCCCNC(=O)OC(C)(C)C)C(=O)N2C)c2ccccc2n1C(=O)OC(C)(C)C. The largest absolute Gasteiger partial charge is 0.460 e. The van der Waals surface area contributed by atoms with Crippen molar-refractivity contribution in [3.05, 3.63) is 87.7 Å². The van der Waals surface area contributed by atoms with E-state index >= 15 is 4.79 Å². The van der Waals surface area contributed by atoms with Gasteiger partial charge in [0.1, 0.15) is 33.9 Å². The fourth-order valence-electron chi connectivity index (χ4n) is 8.16. The van der Waals surface area contributed by atoms with Gasteiger partial charge < -0.3 is 40.4 Å². The normalized spacial score (nSPS) is 17.6. The maximum atomic E-state index is 15.2. The molecule has 0 radical (unpaired) electrons. The number of carbonyl (C=O) groups is 6. The molecule has 386 valence electrons. The summed E-state index contributed by atoms with van der Waals surface area (Å²) in [6, 6.07) is 13.9. The molecule has 71 heavy (non-hydrogen) atoms. The van der Waals surface area contributed by atoms with Gasteiger partial charge in [-0.15, -0.1) is 0 Å². The van der Waals surface area contributed by atoms with Crippen molar-refractivity contribution in [1.82, 2.24) is 35.7 Å². The van der Waals surface area contributed by atoms with Crippen LogP contribution in [0.4, 0.5) is 9.59 Å². The van der Waals surface area contributed by atoms with Crippen molar-refractivity contribution in [2.75, 3.05) is 13.6 Å². The van der Waals surface area contributed by atoms with Gasteiger partial charge in [-0.1, -0.05) is 64.4 Å². The highest BCUT2D eigenvalue weighted by Gasteiger charge is 2.36. The molecule has 1 aliphatic heterocycles. The number of hydrogen-bond acceptors (Lipinski definition) is 12. The van der Waals surface area contributed by atoms with Crippen LogP contribution in [-0.4, -0.2) is 98.8 Å². The van der Waals surface area contributed by atoms with Gasteiger partial charge in [-0.2, -0.15) is 0 Å². The fourth-order valence-corrected chi connectivity index (χ4v) is 9.85. The molecule has 3 heterocycles. The molecule has 3 atom stereocenters. The highest BCUT2D eigenvalue weighted by atomic mass is 79.9. The molecule has 0 spiro atoms. The van der Waals surface area contributed by atoms with Crippen LogP contribution in [0.2, 0.25) is 0 Å². The maximum Gasteiger partial charge on any atom is 0.419 e. The van der Waals surface area contributed by atoms with Crippen molar-refractivity contribution in [3.63, 3.8) is 0 Å². The molecule has 0 saturated heterocycles. The number of rotatable bonds is 12. The van der Waals surface area contributed by atoms with E-state index in [1.54, 1.807) is 61.7 Å². The first-order chi connectivity index (χ1) is 33.3. The number of pyridine rings is 1. The number of halogens is 1. The van der Waals surface area contributed by atoms with Crippen LogP contribution in [0.25, 0.3) is 10.9 Å². The monoisotopic (exact) mass is 1060 g/mol. The Hall–Kier alpha value is -5.46. The predicted molar refractivity (Wildman–Crippen MR) is 278 cm³/mol. The summed E-state index contributed by atoms with van der Waals surface area (Å²) < 4.78 is 19.0. The molecule has 0 unspecified atom stereocenters. The van der Waals surface area contributed by atoms with E-state index in [-0.39, 0.29) is 44.9 Å². The average Bonchev–Trinajstić information content (AvgIpc) is 3.55. The Balaban J connectivity index is 1.57. The van der Waals surface area contributed by atoms with Gasteiger partial charge in [0, 0.05) is 66.2 Å². The van der Waals surface area contributed by atoms with Crippen LogP contribution in [0, 0.1) is 6.92 Å². The first-order valence-electron chi connectivity index (χ1n) is 24.3. The predicted octanol–water partition coefficient (Wildman–Crippen LogP) is 9.28. The van der Waals surface area contributed by atoms with Crippen LogP contribution in [-0.2, 0) is 52.9 Å². The van der Waals surface area contributed by atoms with E-state index in [4.69, 9.17) is 19.2 Å². The zero-order valence-corrected chi connectivity index (χ0v) is 45.5. The van der Waals surface area contributed by atoms with E-state index in [0.717, 1.165) is 20.5 Å². The summed E-state index contributed by atoms with van der Waals surface area (Å²) in [7, 11) is 1.56. The number of nitrogens with one attached hydrogen (secondary N) is 4. The molecular weight excluding hydrogens is 991 g/mol. The number of esters is 1. The molecule has 0 bridgehead atoms. The van der Waals surface area contributed by atoms with E-state index in [9.17, 15) is 24.0 Å². The summed E-state index contributed by atoms with van der Waals surface area (Å²) in [4.78, 5) is 90.7. The minimum Gasteiger partial charge on any atom is -0.460 e. The number of likely N-dealkylation sites (N-methyl/N-ethyl adjacent to an activating group) is 1. The number of ether oxygens (including phenoxy) is 3. The van der Waals surface area contributed by atoms with Crippen molar-refractivity contribution >= 4 is 74.5 Å². The molecule has 4 N–H and O–H groups in total. The van der Waals surface area contributed by atoms with Crippen LogP contribution in [0.1, 0.15) is 130 Å². The second-order valence-electron chi connectivity index (χ2n) is 20.8. The van der Waals surface area contributed by atoms with E-state index in [2.05, 4.69) is 37.2 Å². The molecule has 1 aliphatic rings. The number of carbonyl (C=O) groups excluding carboxylic acids is 6. The van der Waals surface area contributed by atoms with Crippen molar-refractivity contribution in [1.29, 1.82) is 0 Å². The van der Waals surface area contributed by atoms with Crippen molar-refractivity contribution < 1.29 is 43.0 Å². The number of aromatic nitrogens is 2. The van der Waals surface area contributed by atoms with Crippen molar-refractivity contribution in [2.45, 2.75) is 179 Å². The number of fused-ring (bicyclic) bond motifs is 3. The van der Waals surface area contributed by atoms with E-state index < -0.39 is 64.8 Å². The number of unbranched alkanes of at least 4 members (excludes halogenated alkanes) is 2. The molecule has 18 heteroatoms. The summed E-state index contributed by atoms with van der Waals surface area (Å²) in [5.74, 6) is -1.73. The summed E-state index contributed by atoms with van der Waals surface area (Å²) in [6.45, 7) is 18.6. The lowest BCUT2D eigenvalue weighted by Crippen LogP contribution is -2.57. The molecule has 2 aromatic carbocycles. The van der Waals surface area contributed by atoms with Crippen molar-refractivity contribution in [2.24, 2.45) is 0 Å². The molecule has 16 nitrogen and oxygen atoms in total. The first kappa shape index (κ1) is 56.5. The molecule has 5 rings (SSSR count). The lowest BCUT2D eigenvalue weighted by Gasteiger charge is -2.32. The minimum atomic E-state index is -1.13. The highest BCUT2D eigenvalue weighted by molar-refractivity contribution is 9.10.